The van der Waals surface area contributed by atoms with E-state index < -0.39 is 5.00 Å². The molecule has 2 nitrogen and oxygen atoms in total. The van der Waals surface area contributed by atoms with Crippen molar-refractivity contribution < 1.29 is 13.9 Å². The first kappa shape index (κ1) is 13.0. The minimum Gasteiger partial charge on any atom is -0.489 e. The zero-order chi connectivity index (χ0) is 13.3. The van der Waals surface area contributed by atoms with Crippen molar-refractivity contribution in [3.63, 3.8) is 0 Å². The lowest BCUT2D eigenvalue weighted by Crippen LogP contribution is -2.23. The molecular weight excluding hydrogens is 263 g/mol. The first-order valence-electron chi connectivity index (χ1n) is 6.58. The van der Waals surface area contributed by atoms with Crippen LogP contribution in [0.2, 0.25) is 0 Å². The molecular formula is C15H17FO2S. The van der Waals surface area contributed by atoms with Crippen LogP contribution in [0.15, 0.2) is 47.8 Å². The average Bonchev–Trinajstić information content (AvgIpc) is 3.23. The molecule has 102 valence electrons. The van der Waals surface area contributed by atoms with Gasteiger partial charge in [0, 0.05) is 6.42 Å². The molecule has 3 aliphatic rings. The van der Waals surface area contributed by atoms with E-state index in [4.69, 9.17) is 9.47 Å². The minimum atomic E-state index is -1.26. The molecule has 0 aromatic heterocycles. The van der Waals surface area contributed by atoms with Gasteiger partial charge in [-0.1, -0.05) is 36.9 Å². The van der Waals surface area contributed by atoms with Crippen LogP contribution in [0, 0.1) is 0 Å². The fourth-order valence-electron chi connectivity index (χ4n) is 2.27. The summed E-state index contributed by atoms with van der Waals surface area (Å²) in [7, 11) is 0. The molecule has 0 saturated carbocycles. The first-order valence-corrected chi connectivity index (χ1v) is 7.46. The average molecular weight is 280 g/mol. The van der Waals surface area contributed by atoms with Gasteiger partial charge in [-0.2, -0.15) is 0 Å². The summed E-state index contributed by atoms with van der Waals surface area (Å²) in [5.41, 5.74) is 2.13. The highest BCUT2D eigenvalue weighted by molar-refractivity contribution is 8.01. The zero-order valence-electron chi connectivity index (χ0n) is 10.8. The van der Waals surface area contributed by atoms with Gasteiger partial charge in [0.25, 0.3) is 0 Å². The number of ether oxygens (including phenoxy) is 2. The molecule has 0 amide bonds. The van der Waals surface area contributed by atoms with Crippen molar-refractivity contribution in [3.05, 3.63) is 47.8 Å². The molecule has 3 atom stereocenters. The van der Waals surface area contributed by atoms with Crippen LogP contribution in [0.3, 0.4) is 0 Å². The van der Waals surface area contributed by atoms with Crippen molar-refractivity contribution in [2.75, 3.05) is 6.61 Å². The zero-order valence-corrected chi connectivity index (χ0v) is 11.7. The number of hydrogen-bond acceptors (Lipinski definition) is 3. The molecule has 1 aliphatic carbocycles. The van der Waals surface area contributed by atoms with Gasteiger partial charge in [0.05, 0.1) is 12.9 Å². The second-order valence-electron chi connectivity index (χ2n) is 4.88. The van der Waals surface area contributed by atoms with Gasteiger partial charge in [-0.3, -0.25) is 0 Å². The van der Waals surface area contributed by atoms with Gasteiger partial charge in [-0.05, 0) is 29.7 Å². The van der Waals surface area contributed by atoms with Gasteiger partial charge in [0.1, 0.15) is 11.5 Å². The summed E-state index contributed by atoms with van der Waals surface area (Å²) in [5.74, 6) is 0. The fourth-order valence-corrected chi connectivity index (χ4v) is 3.36. The number of halogens is 1. The minimum absolute atomic E-state index is 0.0389. The molecule has 0 aromatic carbocycles. The summed E-state index contributed by atoms with van der Waals surface area (Å²) < 4.78 is 25.6. The Bertz CT molecular complexity index is 477. The molecule has 1 fully saturated rings. The van der Waals surface area contributed by atoms with E-state index in [1.54, 1.807) is 6.26 Å². The Hall–Kier alpha value is -1.00. The van der Waals surface area contributed by atoms with E-state index in [0.717, 1.165) is 11.1 Å². The predicted octanol–water partition coefficient (Wildman–Crippen LogP) is 3.88. The van der Waals surface area contributed by atoms with Crippen LogP contribution >= 0.6 is 11.8 Å². The molecule has 3 rings (SSSR count). The Morgan fingerprint density at radius 1 is 1.42 bits per heavy atom. The van der Waals surface area contributed by atoms with Crippen molar-refractivity contribution in [3.8, 4) is 0 Å². The van der Waals surface area contributed by atoms with E-state index in [0.29, 0.717) is 19.4 Å². The SMILES string of the molecule is CCC(F)(CC1=C2C=CC=CC2OC=C1)SC1CO1. The quantitative estimate of drug-likeness (QED) is 0.713. The number of thioether (sulfide) groups is 1. The van der Waals surface area contributed by atoms with Crippen molar-refractivity contribution in [2.45, 2.75) is 36.3 Å². The van der Waals surface area contributed by atoms with E-state index in [1.807, 2.05) is 37.3 Å². The highest BCUT2D eigenvalue weighted by Crippen LogP contribution is 2.45. The van der Waals surface area contributed by atoms with Gasteiger partial charge in [0.15, 0.2) is 5.00 Å². The molecule has 2 heterocycles. The molecule has 4 heteroatoms. The molecule has 1 saturated heterocycles. The topological polar surface area (TPSA) is 21.8 Å². The number of hydrogen-bond donors (Lipinski definition) is 0. The Labute approximate surface area is 117 Å². The first-order chi connectivity index (χ1) is 9.20. The maximum Gasteiger partial charge on any atom is 0.162 e. The van der Waals surface area contributed by atoms with Crippen LogP contribution in [-0.4, -0.2) is 23.1 Å². The molecule has 3 unspecified atom stereocenters. The normalized spacial score (nSPS) is 30.8. The molecule has 19 heavy (non-hydrogen) atoms. The molecule has 2 aliphatic heterocycles. The van der Waals surface area contributed by atoms with Gasteiger partial charge >= 0.3 is 0 Å². The van der Waals surface area contributed by atoms with Crippen molar-refractivity contribution in [2.24, 2.45) is 0 Å². The standard InChI is InChI=1S/C15H17FO2S/c1-2-15(16,19-14-10-18-14)9-11-7-8-17-13-6-4-3-5-12(11)13/h3-8,13-14H,2,9-10H2,1H3. The molecule has 0 radical (unpaired) electrons. The summed E-state index contributed by atoms with van der Waals surface area (Å²) in [5, 5.41) is -1.26. The largest absolute Gasteiger partial charge is 0.489 e. The summed E-state index contributed by atoms with van der Waals surface area (Å²) in [4.78, 5) is 0. The monoisotopic (exact) mass is 280 g/mol. The molecule has 0 bridgehead atoms. The smallest absolute Gasteiger partial charge is 0.162 e. The van der Waals surface area contributed by atoms with Gasteiger partial charge < -0.3 is 9.47 Å². The number of alkyl halides is 1. The summed E-state index contributed by atoms with van der Waals surface area (Å²) >= 11 is 1.31. The van der Waals surface area contributed by atoms with E-state index in [2.05, 4.69) is 0 Å². The lowest BCUT2D eigenvalue weighted by atomic mass is 9.93. The van der Waals surface area contributed by atoms with Gasteiger partial charge in [0.2, 0.25) is 0 Å². The highest BCUT2D eigenvalue weighted by Gasteiger charge is 2.39. The Morgan fingerprint density at radius 2 is 2.26 bits per heavy atom. The van der Waals surface area contributed by atoms with Gasteiger partial charge in [-0.15, -0.1) is 0 Å². The van der Waals surface area contributed by atoms with Crippen LogP contribution in [-0.2, 0) is 9.47 Å². The van der Waals surface area contributed by atoms with Crippen LogP contribution in [0.4, 0.5) is 4.39 Å². The molecule has 0 spiro atoms. The van der Waals surface area contributed by atoms with Crippen molar-refractivity contribution >= 4 is 11.8 Å². The number of rotatable bonds is 5. The fraction of sp³-hybridized carbons (Fsp3) is 0.467. The Morgan fingerprint density at radius 3 is 3.00 bits per heavy atom. The van der Waals surface area contributed by atoms with Crippen molar-refractivity contribution in [1.29, 1.82) is 0 Å². The number of fused-ring (bicyclic) bond motifs is 1. The van der Waals surface area contributed by atoms with E-state index >= 15 is 0 Å². The number of allylic oxidation sites excluding steroid dienone is 4. The van der Waals surface area contributed by atoms with E-state index in [1.165, 1.54) is 11.8 Å². The Kier molecular flexibility index (Phi) is 3.54. The van der Waals surface area contributed by atoms with E-state index in [9.17, 15) is 4.39 Å². The summed E-state index contributed by atoms with van der Waals surface area (Å²) in [6.45, 7) is 2.56. The third-order valence-corrected chi connectivity index (χ3v) is 4.86. The highest BCUT2D eigenvalue weighted by atomic mass is 32.2. The summed E-state index contributed by atoms with van der Waals surface area (Å²) in [6.07, 6.45) is 12.3. The maximum absolute atomic E-state index is 14.9. The number of epoxide rings is 1. The lowest BCUT2D eigenvalue weighted by molar-refractivity contribution is 0.210. The maximum atomic E-state index is 14.9. The van der Waals surface area contributed by atoms with Crippen LogP contribution in [0.25, 0.3) is 0 Å². The van der Waals surface area contributed by atoms with Gasteiger partial charge in [-0.25, -0.2) is 4.39 Å². The lowest BCUT2D eigenvalue weighted by Gasteiger charge is -2.28. The molecule has 0 N–H and O–H groups in total. The van der Waals surface area contributed by atoms with Crippen molar-refractivity contribution in [1.82, 2.24) is 0 Å². The van der Waals surface area contributed by atoms with Crippen LogP contribution < -0.4 is 0 Å². The third-order valence-electron chi connectivity index (χ3n) is 3.47. The third kappa shape index (κ3) is 2.95. The second-order valence-corrected chi connectivity index (χ2v) is 6.37. The Balaban J connectivity index is 1.80. The van der Waals surface area contributed by atoms with Crippen LogP contribution in [0.5, 0.6) is 0 Å². The molecule has 0 aromatic rings. The van der Waals surface area contributed by atoms with E-state index in [-0.39, 0.29) is 11.5 Å². The second kappa shape index (κ2) is 5.17. The summed E-state index contributed by atoms with van der Waals surface area (Å²) in [6, 6.07) is 0. The predicted molar refractivity (Wildman–Crippen MR) is 75.4 cm³/mol. The van der Waals surface area contributed by atoms with Crippen LogP contribution in [0.1, 0.15) is 19.8 Å².